The topological polar surface area (TPSA) is 108 Å². The van der Waals surface area contributed by atoms with Gasteiger partial charge < -0.3 is 9.47 Å². The summed E-state index contributed by atoms with van der Waals surface area (Å²) in [6, 6.07) is 5.99. The number of hydrogen-bond donors (Lipinski definition) is 1. The number of sulfonamides is 1. The van der Waals surface area contributed by atoms with E-state index in [4.69, 9.17) is 9.47 Å². The molecule has 3 heterocycles. The number of nitrogens with one attached hydrogen (secondary N) is 1. The Hall–Kier alpha value is -3.14. The first-order chi connectivity index (χ1) is 12.5. The van der Waals surface area contributed by atoms with E-state index in [0.29, 0.717) is 30.5 Å². The second-order valence-corrected chi connectivity index (χ2v) is 7.20. The Balaban J connectivity index is 1.63. The zero-order chi connectivity index (χ0) is 18.1. The third-order valence-electron chi connectivity index (χ3n) is 3.79. The Labute approximate surface area is 149 Å². The van der Waals surface area contributed by atoms with Gasteiger partial charge in [-0.05, 0) is 19.1 Å². The lowest BCUT2D eigenvalue weighted by atomic mass is 10.3. The molecule has 1 aliphatic rings. The highest BCUT2D eigenvalue weighted by Crippen LogP contribution is 2.32. The summed E-state index contributed by atoms with van der Waals surface area (Å²) in [7, 11) is -3.84. The lowest BCUT2D eigenvalue weighted by Gasteiger charge is -2.19. The molecular weight excluding hydrogens is 358 g/mol. The van der Waals surface area contributed by atoms with E-state index in [0.717, 1.165) is 5.82 Å². The molecule has 10 heteroatoms. The summed E-state index contributed by atoms with van der Waals surface area (Å²) < 4.78 is 40.4. The van der Waals surface area contributed by atoms with Gasteiger partial charge in [0.2, 0.25) is 0 Å². The van der Waals surface area contributed by atoms with Crippen LogP contribution in [0.3, 0.4) is 0 Å². The molecule has 0 unspecified atom stereocenters. The molecule has 1 aromatic carbocycles. The third kappa shape index (κ3) is 3.06. The van der Waals surface area contributed by atoms with Crippen molar-refractivity contribution in [2.45, 2.75) is 11.8 Å². The maximum atomic E-state index is 12.7. The number of imidazole rings is 1. The highest BCUT2D eigenvalue weighted by molar-refractivity contribution is 7.92. The summed E-state index contributed by atoms with van der Waals surface area (Å²) in [4.78, 5) is 12.3. The van der Waals surface area contributed by atoms with Crippen molar-refractivity contribution >= 4 is 15.8 Å². The highest BCUT2D eigenvalue weighted by Gasteiger charge is 2.20. The van der Waals surface area contributed by atoms with Crippen LogP contribution in [0, 0.1) is 6.92 Å². The van der Waals surface area contributed by atoms with Crippen molar-refractivity contribution in [1.29, 1.82) is 0 Å². The minimum atomic E-state index is -3.84. The molecule has 1 aliphatic heterocycles. The zero-order valence-corrected chi connectivity index (χ0v) is 14.6. The Morgan fingerprint density at radius 1 is 1.08 bits per heavy atom. The fourth-order valence-electron chi connectivity index (χ4n) is 2.54. The molecule has 4 rings (SSSR count). The minimum absolute atomic E-state index is 0.0562. The maximum absolute atomic E-state index is 12.7. The van der Waals surface area contributed by atoms with Crippen LogP contribution in [-0.4, -0.2) is 41.2 Å². The monoisotopic (exact) mass is 373 g/mol. The van der Waals surface area contributed by atoms with Crippen LogP contribution in [0.4, 0.5) is 5.82 Å². The summed E-state index contributed by atoms with van der Waals surface area (Å²) in [6.07, 6.45) is 4.66. The Bertz CT molecular complexity index is 1060. The number of nitrogens with zero attached hydrogens (tertiary/aromatic N) is 4. The number of anilines is 1. The van der Waals surface area contributed by atoms with Crippen LogP contribution in [0.2, 0.25) is 0 Å². The Kier molecular flexibility index (Phi) is 3.96. The average Bonchev–Trinajstić information content (AvgIpc) is 3.07. The normalized spacial score (nSPS) is 13.4. The van der Waals surface area contributed by atoms with E-state index in [2.05, 4.69) is 19.7 Å². The molecule has 0 saturated carbocycles. The smallest absolute Gasteiger partial charge is 0.263 e. The first-order valence-corrected chi connectivity index (χ1v) is 9.26. The lowest BCUT2D eigenvalue weighted by molar-refractivity contribution is 0.171. The lowest BCUT2D eigenvalue weighted by Crippen LogP contribution is -2.18. The Morgan fingerprint density at radius 3 is 2.65 bits per heavy atom. The van der Waals surface area contributed by atoms with Crippen molar-refractivity contribution in [1.82, 2.24) is 19.5 Å². The first kappa shape index (κ1) is 16.3. The predicted octanol–water partition coefficient (Wildman–Crippen LogP) is 1.54. The highest BCUT2D eigenvalue weighted by atomic mass is 32.2. The summed E-state index contributed by atoms with van der Waals surface area (Å²) >= 11 is 0. The molecule has 2 aromatic heterocycles. The molecule has 26 heavy (non-hydrogen) atoms. The van der Waals surface area contributed by atoms with Crippen molar-refractivity contribution in [3.05, 3.63) is 48.8 Å². The van der Waals surface area contributed by atoms with Crippen molar-refractivity contribution in [3.8, 4) is 17.3 Å². The van der Waals surface area contributed by atoms with Crippen LogP contribution in [0.1, 0.15) is 5.82 Å². The van der Waals surface area contributed by atoms with E-state index >= 15 is 0 Å². The molecule has 0 atom stereocenters. The van der Waals surface area contributed by atoms with E-state index in [1.807, 2.05) is 6.92 Å². The van der Waals surface area contributed by atoms with Gasteiger partial charge in [-0.3, -0.25) is 9.29 Å². The third-order valence-corrected chi connectivity index (χ3v) is 5.14. The quantitative estimate of drug-likeness (QED) is 0.739. The van der Waals surface area contributed by atoms with Gasteiger partial charge in [-0.25, -0.2) is 23.4 Å². The fraction of sp³-hybridized carbons (Fsp3) is 0.188. The van der Waals surface area contributed by atoms with Gasteiger partial charge >= 0.3 is 0 Å². The van der Waals surface area contributed by atoms with E-state index in [-0.39, 0.29) is 10.7 Å². The van der Waals surface area contributed by atoms with Crippen LogP contribution in [0.5, 0.6) is 11.5 Å². The number of ether oxygens (including phenoxy) is 2. The summed E-state index contributed by atoms with van der Waals surface area (Å²) in [5.41, 5.74) is 0. The van der Waals surface area contributed by atoms with Crippen LogP contribution in [0.15, 0.2) is 47.9 Å². The van der Waals surface area contributed by atoms with Gasteiger partial charge in [0.1, 0.15) is 37.0 Å². The first-order valence-electron chi connectivity index (χ1n) is 7.78. The van der Waals surface area contributed by atoms with Crippen LogP contribution in [-0.2, 0) is 10.0 Å². The van der Waals surface area contributed by atoms with Gasteiger partial charge in [0, 0.05) is 24.5 Å². The number of aryl methyl sites for hydroxylation is 1. The summed E-state index contributed by atoms with van der Waals surface area (Å²) in [6.45, 7) is 2.64. The summed E-state index contributed by atoms with van der Waals surface area (Å²) in [5, 5.41) is 0. The van der Waals surface area contributed by atoms with Crippen molar-refractivity contribution in [3.63, 3.8) is 0 Å². The SMILES string of the molecule is Cc1nccn1-c1cc(NS(=O)(=O)c2ccc3c(c2)OCCO3)ncn1. The standard InChI is InChI=1S/C16H15N5O4S/c1-11-17-4-5-21(11)16-9-15(18-10-19-16)20-26(22,23)12-2-3-13-14(8-12)25-7-6-24-13/h2-5,8-10H,6-7H2,1H3,(H,18,19,20). The number of rotatable bonds is 4. The number of aromatic nitrogens is 4. The molecule has 0 radical (unpaired) electrons. The molecule has 9 nitrogen and oxygen atoms in total. The largest absolute Gasteiger partial charge is 0.486 e. The molecule has 3 aromatic rings. The van der Waals surface area contributed by atoms with Crippen molar-refractivity contribution in [2.75, 3.05) is 17.9 Å². The molecule has 0 bridgehead atoms. The van der Waals surface area contributed by atoms with Gasteiger partial charge in [0.25, 0.3) is 10.0 Å². The molecule has 0 amide bonds. The molecule has 0 aliphatic carbocycles. The second-order valence-electron chi connectivity index (χ2n) is 5.52. The summed E-state index contributed by atoms with van der Waals surface area (Å²) in [5.74, 6) is 2.31. The average molecular weight is 373 g/mol. The fourth-order valence-corrected chi connectivity index (χ4v) is 3.56. The van der Waals surface area contributed by atoms with E-state index < -0.39 is 10.0 Å². The van der Waals surface area contributed by atoms with E-state index in [1.165, 1.54) is 24.5 Å². The van der Waals surface area contributed by atoms with Gasteiger partial charge in [-0.2, -0.15) is 0 Å². The van der Waals surface area contributed by atoms with E-state index in [1.54, 1.807) is 23.0 Å². The van der Waals surface area contributed by atoms with Crippen LogP contribution < -0.4 is 14.2 Å². The molecule has 0 spiro atoms. The van der Waals surface area contributed by atoms with Gasteiger partial charge in [-0.15, -0.1) is 0 Å². The van der Waals surface area contributed by atoms with Crippen LogP contribution >= 0.6 is 0 Å². The Morgan fingerprint density at radius 2 is 1.88 bits per heavy atom. The van der Waals surface area contributed by atoms with Gasteiger partial charge in [0.05, 0.1) is 4.90 Å². The molecule has 0 fully saturated rings. The maximum Gasteiger partial charge on any atom is 0.263 e. The van der Waals surface area contributed by atoms with Crippen molar-refractivity contribution in [2.24, 2.45) is 0 Å². The van der Waals surface area contributed by atoms with E-state index in [9.17, 15) is 8.42 Å². The van der Waals surface area contributed by atoms with Gasteiger partial charge in [-0.1, -0.05) is 0 Å². The van der Waals surface area contributed by atoms with Crippen molar-refractivity contribution < 1.29 is 17.9 Å². The second kappa shape index (κ2) is 6.30. The van der Waals surface area contributed by atoms with Crippen LogP contribution in [0.25, 0.3) is 5.82 Å². The molecule has 134 valence electrons. The molecule has 1 N–H and O–H groups in total. The number of fused-ring (bicyclic) bond motifs is 1. The number of hydrogen-bond acceptors (Lipinski definition) is 7. The molecule has 0 saturated heterocycles. The zero-order valence-electron chi connectivity index (χ0n) is 13.8. The van der Waals surface area contributed by atoms with Gasteiger partial charge in [0.15, 0.2) is 11.5 Å². The molecular formula is C16H15N5O4S. The minimum Gasteiger partial charge on any atom is -0.486 e. The number of benzene rings is 1. The predicted molar refractivity (Wildman–Crippen MR) is 92.1 cm³/mol.